The van der Waals surface area contributed by atoms with Crippen LogP contribution in [0.25, 0.3) is 22.3 Å². The van der Waals surface area contributed by atoms with Gasteiger partial charge in [0.25, 0.3) is 5.91 Å². The van der Waals surface area contributed by atoms with E-state index in [1.54, 1.807) is 6.20 Å². The third-order valence-corrected chi connectivity index (χ3v) is 6.23. The van der Waals surface area contributed by atoms with E-state index in [0.717, 1.165) is 12.8 Å². The van der Waals surface area contributed by atoms with E-state index in [9.17, 15) is 14.7 Å². The summed E-state index contributed by atoms with van der Waals surface area (Å²) in [6, 6.07) is 3.38. The Morgan fingerprint density at radius 2 is 2.20 bits per heavy atom. The number of piperidine rings is 1. The van der Waals surface area contributed by atoms with E-state index in [2.05, 4.69) is 27.2 Å². The fourth-order valence-corrected chi connectivity index (χ4v) is 4.46. The van der Waals surface area contributed by atoms with Crippen molar-refractivity contribution in [2.24, 2.45) is 0 Å². The summed E-state index contributed by atoms with van der Waals surface area (Å²) in [6.07, 6.45) is 5.32. The number of aromatic nitrogens is 3. The summed E-state index contributed by atoms with van der Waals surface area (Å²) >= 11 is 0. The first kappa shape index (κ1) is 22.8. The largest absolute Gasteiger partial charge is 0.493 e. The van der Waals surface area contributed by atoms with Crippen LogP contribution in [0.2, 0.25) is 0 Å². The van der Waals surface area contributed by atoms with Gasteiger partial charge >= 0.3 is 6.09 Å². The number of carbonyl (C=O) groups is 2. The van der Waals surface area contributed by atoms with Crippen LogP contribution in [0.1, 0.15) is 43.0 Å². The molecule has 1 saturated heterocycles. The second-order valence-corrected chi connectivity index (χ2v) is 8.56. The number of aromatic amines is 1. The van der Waals surface area contributed by atoms with E-state index < -0.39 is 6.09 Å². The van der Waals surface area contributed by atoms with Gasteiger partial charge in [-0.1, -0.05) is 13.3 Å². The molecule has 3 aromatic rings. The minimum Gasteiger partial charge on any atom is -0.493 e. The Bertz CT molecular complexity index is 1260. The van der Waals surface area contributed by atoms with Gasteiger partial charge < -0.3 is 34.5 Å². The predicted octanol–water partition coefficient (Wildman–Crippen LogP) is 3.40. The highest BCUT2D eigenvalue weighted by Gasteiger charge is 2.29. The number of carboxylic acid groups (broad SMARTS) is 1. The number of benzene rings is 1. The maximum absolute atomic E-state index is 13.1. The van der Waals surface area contributed by atoms with Crippen molar-refractivity contribution in [1.82, 2.24) is 25.2 Å². The van der Waals surface area contributed by atoms with Crippen molar-refractivity contribution in [3.05, 3.63) is 30.2 Å². The average molecular weight is 482 g/mol. The van der Waals surface area contributed by atoms with E-state index in [1.165, 1.54) is 11.2 Å². The van der Waals surface area contributed by atoms with Crippen LogP contribution in [-0.4, -0.2) is 69.5 Å². The van der Waals surface area contributed by atoms with Gasteiger partial charge in [-0.15, -0.1) is 0 Å². The number of hydrogen-bond donors (Lipinski definition) is 3. The molecule has 0 bridgehead atoms. The summed E-state index contributed by atoms with van der Waals surface area (Å²) in [5, 5.41) is 12.2. The second kappa shape index (κ2) is 9.69. The van der Waals surface area contributed by atoms with Crippen LogP contribution in [0.3, 0.4) is 0 Å². The summed E-state index contributed by atoms with van der Waals surface area (Å²) < 4.78 is 17.4. The Kier molecular flexibility index (Phi) is 6.30. The first-order valence-electron chi connectivity index (χ1n) is 11.7. The third-order valence-electron chi connectivity index (χ3n) is 6.23. The standard InChI is InChI=1S/C24H27N5O6/c1-2-3-9-33-16-6-7-17-22(35-13-34-17)18(16)20-21-19(26-12-27-20)15(10-25-21)23(30)28-14-5-4-8-29(11-14)24(31)32/h6-7,10,12,14,25H,2-5,8-9,11,13H2,1H3,(H,28,30)(H,31,32). The SMILES string of the molecule is CCCCOc1ccc2c(c1-c1ncnc3c(C(=O)NC4CCCN(C(=O)O)C4)c[nH]c13)OCO2. The van der Waals surface area contributed by atoms with Crippen molar-refractivity contribution >= 4 is 23.0 Å². The minimum atomic E-state index is -0.980. The maximum Gasteiger partial charge on any atom is 0.407 e. The van der Waals surface area contributed by atoms with Crippen LogP contribution in [0.4, 0.5) is 4.79 Å². The van der Waals surface area contributed by atoms with Gasteiger partial charge in [-0.2, -0.15) is 0 Å². The highest BCUT2D eigenvalue weighted by molar-refractivity contribution is 6.08. The number of amides is 2. The molecule has 0 radical (unpaired) electrons. The smallest absolute Gasteiger partial charge is 0.407 e. The lowest BCUT2D eigenvalue weighted by atomic mass is 10.0. The maximum atomic E-state index is 13.1. The average Bonchev–Trinajstić information content (AvgIpc) is 3.51. The highest BCUT2D eigenvalue weighted by Crippen LogP contribution is 2.47. The topological polar surface area (TPSA) is 139 Å². The summed E-state index contributed by atoms with van der Waals surface area (Å²) in [4.78, 5) is 37.8. The molecule has 35 heavy (non-hydrogen) atoms. The van der Waals surface area contributed by atoms with Crippen molar-refractivity contribution in [1.29, 1.82) is 0 Å². The van der Waals surface area contributed by atoms with Crippen molar-refractivity contribution in [2.75, 3.05) is 26.5 Å². The number of hydrogen-bond acceptors (Lipinski definition) is 7. The quantitative estimate of drug-likeness (QED) is 0.437. The molecule has 2 aliphatic rings. The molecule has 0 aliphatic carbocycles. The summed E-state index contributed by atoms with van der Waals surface area (Å²) in [5.41, 5.74) is 2.56. The van der Waals surface area contributed by atoms with Gasteiger partial charge in [-0.25, -0.2) is 14.8 Å². The lowest BCUT2D eigenvalue weighted by Crippen LogP contribution is -2.49. The van der Waals surface area contributed by atoms with E-state index in [-0.39, 0.29) is 25.3 Å². The van der Waals surface area contributed by atoms with E-state index in [0.29, 0.717) is 71.1 Å². The van der Waals surface area contributed by atoms with Gasteiger partial charge in [0.2, 0.25) is 6.79 Å². The molecule has 0 spiro atoms. The minimum absolute atomic E-state index is 0.0993. The van der Waals surface area contributed by atoms with Crippen molar-refractivity contribution in [2.45, 2.75) is 38.6 Å². The van der Waals surface area contributed by atoms with Crippen molar-refractivity contribution in [3.63, 3.8) is 0 Å². The van der Waals surface area contributed by atoms with E-state index in [4.69, 9.17) is 14.2 Å². The number of unbranched alkanes of at least 4 members (excludes halogenated alkanes) is 1. The van der Waals surface area contributed by atoms with Crippen molar-refractivity contribution < 1.29 is 28.9 Å². The number of ether oxygens (including phenoxy) is 3. The van der Waals surface area contributed by atoms with Crippen LogP contribution in [0, 0.1) is 0 Å². The molecule has 1 unspecified atom stereocenters. The molecule has 1 aromatic carbocycles. The molecular weight excluding hydrogens is 454 g/mol. The second-order valence-electron chi connectivity index (χ2n) is 8.56. The highest BCUT2D eigenvalue weighted by atomic mass is 16.7. The Morgan fingerprint density at radius 1 is 1.31 bits per heavy atom. The summed E-state index contributed by atoms with van der Waals surface area (Å²) in [7, 11) is 0. The van der Waals surface area contributed by atoms with E-state index >= 15 is 0 Å². The van der Waals surface area contributed by atoms with Gasteiger partial charge in [-0.3, -0.25) is 4.79 Å². The predicted molar refractivity (Wildman–Crippen MR) is 126 cm³/mol. The van der Waals surface area contributed by atoms with Gasteiger partial charge in [0.15, 0.2) is 11.5 Å². The van der Waals surface area contributed by atoms with E-state index in [1.807, 2.05) is 12.1 Å². The fraction of sp³-hybridized carbons (Fsp3) is 0.417. The zero-order valence-corrected chi connectivity index (χ0v) is 19.4. The number of nitrogens with one attached hydrogen (secondary N) is 2. The van der Waals surface area contributed by atoms with Crippen LogP contribution in [0.5, 0.6) is 17.2 Å². The fourth-order valence-electron chi connectivity index (χ4n) is 4.46. The van der Waals surface area contributed by atoms with Gasteiger partial charge in [0, 0.05) is 25.3 Å². The third kappa shape index (κ3) is 4.41. The molecule has 0 saturated carbocycles. The molecule has 1 fully saturated rings. The number of H-pyrrole nitrogens is 1. The number of rotatable bonds is 7. The Hall–Kier alpha value is -4.02. The van der Waals surface area contributed by atoms with Gasteiger partial charge in [0.1, 0.15) is 23.3 Å². The van der Waals surface area contributed by atoms with Crippen molar-refractivity contribution in [3.8, 4) is 28.5 Å². The lowest BCUT2D eigenvalue weighted by Gasteiger charge is -2.31. The summed E-state index contributed by atoms with van der Waals surface area (Å²) in [5.74, 6) is 1.42. The first-order chi connectivity index (χ1) is 17.1. The first-order valence-corrected chi connectivity index (χ1v) is 11.7. The lowest BCUT2D eigenvalue weighted by molar-refractivity contribution is 0.0890. The molecule has 11 heteroatoms. The molecule has 2 aliphatic heterocycles. The molecule has 2 aromatic heterocycles. The Morgan fingerprint density at radius 3 is 3.03 bits per heavy atom. The van der Waals surface area contributed by atoms with Gasteiger partial charge in [0.05, 0.1) is 23.3 Å². The van der Waals surface area contributed by atoms with Gasteiger partial charge in [-0.05, 0) is 31.4 Å². The number of likely N-dealkylation sites (tertiary alicyclic amines) is 1. The molecule has 1 atom stereocenters. The molecular formula is C24H27N5O6. The van der Waals surface area contributed by atoms with Crippen LogP contribution in [0.15, 0.2) is 24.7 Å². The zero-order chi connectivity index (χ0) is 24.4. The molecule has 2 amide bonds. The monoisotopic (exact) mass is 481 g/mol. The van der Waals surface area contributed by atoms with Crippen LogP contribution in [-0.2, 0) is 0 Å². The molecule has 11 nitrogen and oxygen atoms in total. The number of carbonyl (C=O) groups excluding carboxylic acids is 1. The Labute approximate surface area is 201 Å². The molecule has 4 heterocycles. The normalized spacial score (nSPS) is 16.9. The zero-order valence-electron chi connectivity index (χ0n) is 19.4. The number of nitrogens with zero attached hydrogens (tertiary/aromatic N) is 3. The van der Waals surface area contributed by atoms with Crippen LogP contribution >= 0.6 is 0 Å². The molecule has 5 rings (SSSR count). The number of fused-ring (bicyclic) bond motifs is 2. The molecule has 184 valence electrons. The Balaban J connectivity index is 1.47. The summed E-state index contributed by atoms with van der Waals surface area (Å²) in [6.45, 7) is 3.47. The molecule has 3 N–H and O–H groups in total. The van der Waals surface area contributed by atoms with Crippen LogP contribution < -0.4 is 19.5 Å².